The lowest BCUT2D eigenvalue weighted by Gasteiger charge is -2.06. The van der Waals surface area contributed by atoms with E-state index in [1.54, 1.807) is 0 Å². The number of hydrogen-bond acceptors (Lipinski definition) is 4. The van der Waals surface area contributed by atoms with E-state index in [-0.39, 0.29) is 0 Å². The van der Waals surface area contributed by atoms with E-state index in [0.717, 1.165) is 104 Å². The van der Waals surface area contributed by atoms with Crippen molar-refractivity contribution in [3.63, 3.8) is 0 Å². The highest BCUT2D eigenvalue weighted by Gasteiger charge is 1.94. The third kappa shape index (κ3) is 21.8. The van der Waals surface area contributed by atoms with Gasteiger partial charge in [-0.05, 0) is 52.4 Å². The molecule has 0 aliphatic rings. The van der Waals surface area contributed by atoms with Crippen molar-refractivity contribution in [1.29, 1.82) is 0 Å². The molecular formula is C18H38NO4. The number of ether oxygens (including phenoxy) is 4. The summed E-state index contributed by atoms with van der Waals surface area (Å²) in [4.78, 5) is 0. The zero-order valence-electron chi connectivity index (χ0n) is 15.4. The molecule has 0 aromatic heterocycles. The Labute approximate surface area is 143 Å². The van der Waals surface area contributed by atoms with Crippen molar-refractivity contribution >= 4 is 0 Å². The largest absolute Gasteiger partial charge is 0.382 e. The lowest BCUT2D eigenvalue weighted by molar-refractivity contribution is 0.104. The molecule has 0 heterocycles. The maximum absolute atomic E-state index is 5.56. The molecule has 0 bridgehead atoms. The summed E-state index contributed by atoms with van der Waals surface area (Å²) in [5.41, 5.74) is 0. The van der Waals surface area contributed by atoms with Crippen LogP contribution in [0.3, 0.4) is 0 Å². The Kier molecular flexibility index (Phi) is 21.6. The van der Waals surface area contributed by atoms with Crippen LogP contribution < -0.4 is 5.32 Å². The van der Waals surface area contributed by atoms with E-state index in [9.17, 15) is 0 Å². The Morgan fingerprint density at radius 3 is 1.22 bits per heavy atom. The molecule has 139 valence electrons. The van der Waals surface area contributed by atoms with E-state index in [2.05, 4.69) is 5.32 Å². The highest BCUT2D eigenvalue weighted by atomic mass is 16.5. The minimum absolute atomic E-state index is 0.807. The van der Waals surface area contributed by atoms with Gasteiger partial charge in [0.2, 0.25) is 0 Å². The maximum Gasteiger partial charge on any atom is 0.0478 e. The quantitative estimate of drug-likeness (QED) is 0.322. The summed E-state index contributed by atoms with van der Waals surface area (Å²) in [6.45, 7) is 12.5. The van der Waals surface area contributed by atoms with Crippen molar-refractivity contribution in [2.24, 2.45) is 0 Å². The van der Waals surface area contributed by atoms with Gasteiger partial charge in [-0.15, -0.1) is 0 Å². The highest BCUT2D eigenvalue weighted by molar-refractivity contribution is 4.48. The third-order valence-corrected chi connectivity index (χ3v) is 3.27. The Bertz CT molecular complexity index is 185. The molecule has 23 heavy (non-hydrogen) atoms. The molecule has 0 N–H and O–H groups in total. The lowest BCUT2D eigenvalue weighted by Crippen LogP contribution is -2.13. The van der Waals surface area contributed by atoms with Crippen molar-refractivity contribution < 1.29 is 18.9 Å². The van der Waals surface area contributed by atoms with Crippen molar-refractivity contribution in [1.82, 2.24) is 5.32 Å². The van der Waals surface area contributed by atoms with Crippen molar-refractivity contribution in [3.8, 4) is 0 Å². The Balaban J connectivity index is 2.92. The monoisotopic (exact) mass is 332 g/mol. The summed E-state index contributed by atoms with van der Waals surface area (Å²) in [7, 11) is 0. The number of rotatable bonds is 20. The molecule has 0 fully saturated rings. The summed E-state index contributed by atoms with van der Waals surface area (Å²) in [6, 6.07) is 0. The Hall–Kier alpha value is -0.200. The second kappa shape index (κ2) is 21.8. The van der Waals surface area contributed by atoms with Crippen LogP contribution in [0, 0.1) is 0 Å². The van der Waals surface area contributed by atoms with Crippen LogP contribution in [0.2, 0.25) is 0 Å². The third-order valence-electron chi connectivity index (χ3n) is 3.27. The molecule has 0 rings (SSSR count). The molecule has 0 saturated heterocycles. The van der Waals surface area contributed by atoms with E-state index in [1.807, 2.05) is 13.8 Å². The number of hydrogen-bond donors (Lipinski definition) is 0. The van der Waals surface area contributed by atoms with E-state index < -0.39 is 0 Å². The van der Waals surface area contributed by atoms with Crippen LogP contribution in [-0.2, 0) is 18.9 Å². The lowest BCUT2D eigenvalue weighted by atomic mass is 10.3. The molecule has 0 atom stereocenters. The van der Waals surface area contributed by atoms with Crippen LogP contribution in [0.15, 0.2) is 0 Å². The van der Waals surface area contributed by atoms with Crippen molar-refractivity contribution in [2.75, 3.05) is 65.9 Å². The van der Waals surface area contributed by atoms with Gasteiger partial charge in [0, 0.05) is 65.9 Å². The van der Waals surface area contributed by atoms with Crippen LogP contribution in [-0.4, -0.2) is 65.9 Å². The van der Waals surface area contributed by atoms with Crippen LogP contribution in [0.4, 0.5) is 0 Å². The summed E-state index contributed by atoms with van der Waals surface area (Å²) >= 11 is 0. The minimum atomic E-state index is 0.807. The molecule has 0 spiro atoms. The molecule has 0 amide bonds. The van der Waals surface area contributed by atoms with Crippen LogP contribution >= 0.6 is 0 Å². The van der Waals surface area contributed by atoms with Gasteiger partial charge in [-0.3, -0.25) is 0 Å². The maximum atomic E-state index is 5.56. The topological polar surface area (TPSA) is 51.0 Å². The first-order valence-corrected chi connectivity index (χ1v) is 9.36. The zero-order valence-corrected chi connectivity index (χ0v) is 15.4. The summed E-state index contributed by atoms with van der Waals surface area (Å²) < 4.78 is 21.7. The van der Waals surface area contributed by atoms with Gasteiger partial charge in [0.15, 0.2) is 0 Å². The van der Waals surface area contributed by atoms with E-state index in [1.165, 1.54) is 0 Å². The summed E-state index contributed by atoms with van der Waals surface area (Å²) in [6.07, 6.45) is 6.37. The van der Waals surface area contributed by atoms with Crippen molar-refractivity contribution in [2.45, 2.75) is 52.4 Å². The fourth-order valence-electron chi connectivity index (χ4n) is 1.98. The average molecular weight is 333 g/mol. The van der Waals surface area contributed by atoms with E-state index >= 15 is 0 Å². The Morgan fingerprint density at radius 2 is 0.826 bits per heavy atom. The van der Waals surface area contributed by atoms with Crippen LogP contribution in [0.1, 0.15) is 52.4 Å². The summed E-state index contributed by atoms with van der Waals surface area (Å²) in [5, 5.41) is 4.49. The van der Waals surface area contributed by atoms with Gasteiger partial charge in [-0.2, -0.15) is 0 Å². The predicted molar refractivity (Wildman–Crippen MR) is 94.2 cm³/mol. The van der Waals surface area contributed by atoms with Gasteiger partial charge in [-0.25, -0.2) is 5.32 Å². The van der Waals surface area contributed by atoms with Gasteiger partial charge in [-0.1, -0.05) is 0 Å². The normalized spacial score (nSPS) is 11.2. The number of unbranched alkanes of at least 4 members (excludes halogenated alkanes) is 2. The molecule has 1 radical (unpaired) electrons. The van der Waals surface area contributed by atoms with Crippen LogP contribution in [0.5, 0.6) is 0 Å². The molecule has 5 nitrogen and oxygen atoms in total. The fourth-order valence-corrected chi connectivity index (χ4v) is 1.98. The molecule has 0 aliphatic carbocycles. The SMILES string of the molecule is CCOCCCCOCCC[N]CCCOCCCCOCC. The first-order chi connectivity index (χ1) is 11.4. The molecular weight excluding hydrogens is 294 g/mol. The molecule has 0 aliphatic heterocycles. The smallest absolute Gasteiger partial charge is 0.0478 e. The van der Waals surface area contributed by atoms with Gasteiger partial charge < -0.3 is 18.9 Å². The molecule has 0 saturated carbocycles. The van der Waals surface area contributed by atoms with Crippen molar-refractivity contribution in [3.05, 3.63) is 0 Å². The first kappa shape index (κ1) is 22.8. The van der Waals surface area contributed by atoms with Gasteiger partial charge >= 0.3 is 0 Å². The molecule has 5 heteroatoms. The number of nitrogens with zero attached hydrogens (tertiary/aromatic N) is 1. The van der Waals surface area contributed by atoms with Gasteiger partial charge in [0.25, 0.3) is 0 Å². The van der Waals surface area contributed by atoms with E-state index in [4.69, 9.17) is 18.9 Å². The minimum Gasteiger partial charge on any atom is -0.382 e. The van der Waals surface area contributed by atoms with Gasteiger partial charge in [0.05, 0.1) is 0 Å². The molecule has 0 aromatic carbocycles. The highest BCUT2D eigenvalue weighted by Crippen LogP contribution is 1.94. The predicted octanol–water partition coefficient (Wildman–Crippen LogP) is 3.04. The second-order valence-corrected chi connectivity index (χ2v) is 5.41. The molecule has 0 unspecified atom stereocenters. The fraction of sp³-hybridized carbons (Fsp3) is 1.00. The van der Waals surface area contributed by atoms with Gasteiger partial charge in [0.1, 0.15) is 0 Å². The second-order valence-electron chi connectivity index (χ2n) is 5.41. The van der Waals surface area contributed by atoms with E-state index in [0.29, 0.717) is 0 Å². The Morgan fingerprint density at radius 1 is 0.478 bits per heavy atom. The average Bonchev–Trinajstić information content (AvgIpc) is 2.57. The summed E-state index contributed by atoms with van der Waals surface area (Å²) in [5.74, 6) is 0. The zero-order chi connectivity index (χ0) is 16.8. The van der Waals surface area contributed by atoms with Crippen LogP contribution in [0.25, 0.3) is 0 Å². The first-order valence-electron chi connectivity index (χ1n) is 9.36. The standard InChI is InChI=1S/C18H38NO4/c1-3-20-13-5-7-15-22-17-9-11-19-12-10-18-23-16-8-6-14-21-4-2/h3-18H2,1-2H3. The molecule has 0 aromatic rings.